The van der Waals surface area contributed by atoms with Gasteiger partial charge in [0.15, 0.2) is 0 Å². The zero-order valence-corrected chi connectivity index (χ0v) is 27.8. The molecule has 4 aliphatic rings. The maximum absolute atomic E-state index is 14.8. The van der Waals surface area contributed by atoms with Crippen molar-refractivity contribution < 1.29 is 33.8 Å². The Labute approximate surface area is 282 Å². The highest BCUT2D eigenvalue weighted by molar-refractivity contribution is 5.99. The van der Waals surface area contributed by atoms with Crippen LogP contribution in [0.3, 0.4) is 0 Å². The van der Waals surface area contributed by atoms with E-state index in [9.17, 15) is 24.3 Å². The molecule has 0 radical (unpaired) electrons. The molecule has 48 heavy (non-hydrogen) atoms. The number of cyclic esters (lactones) is 1. The number of likely N-dealkylation sites (N-methyl/N-ethyl adjacent to an activating group) is 1. The second-order valence-corrected chi connectivity index (χ2v) is 13.2. The molecule has 0 unspecified atom stereocenters. The van der Waals surface area contributed by atoms with Gasteiger partial charge in [0.1, 0.15) is 23.7 Å². The Hall–Kier alpha value is -4.28. The van der Waals surface area contributed by atoms with Gasteiger partial charge in [-0.2, -0.15) is 0 Å². The minimum absolute atomic E-state index is 0.0988. The van der Waals surface area contributed by atoms with E-state index in [1.807, 2.05) is 86.7 Å². The van der Waals surface area contributed by atoms with Crippen LogP contribution in [0.1, 0.15) is 62.8 Å². The SMILES string of the molecule is CCCCN1C/C=C\CCC(=O)N(C)[C@H](C)[C@@H](c2ccccc2)OC(=O)[C@@H]2[C@@H]3C=C[C@]4(O3)[C@H](C1=O)N([C@H](CO)c1ccccc1)C(=O)[C@@H]24. The lowest BCUT2D eigenvalue weighted by Crippen LogP contribution is -2.56. The lowest BCUT2D eigenvalue weighted by atomic mass is 9.74. The Bertz CT molecular complexity index is 1560. The third-order valence-electron chi connectivity index (χ3n) is 10.4. The first-order valence-corrected chi connectivity index (χ1v) is 17.0. The molecule has 3 amide bonds. The van der Waals surface area contributed by atoms with Crippen LogP contribution in [0.5, 0.6) is 0 Å². The maximum atomic E-state index is 14.8. The Balaban J connectivity index is 1.47. The van der Waals surface area contributed by atoms with Gasteiger partial charge >= 0.3 is 5.97 Å². The Kier molecular flexibility index (Phi) is 9.85. The van der Waals surface area contributed by atoms with Crippen molar-refractivity contribution in [2.24, 2.45) is 11.8 Å². The molecule has 8 atom stereocenters. The van der Waals surface area contributed by atoms with E-state index in [1.54, 1.807) is 29.0 Å². The van der Waals surface area contributed by atoms with Gasteiger partial charge in [0.05, 0.1) is 30.7 Å². The molecule has 2 fully saturated rings. The molecule has 4 aliphatic heterocycles. The Morgan fingerprint density at radius 3 is 2.38 bits per heavy atom. The number of allylic oxidation sites excluding steroid dienone is 1. The van der Waals surface area contributed by atoms with Crippen LogP contribution < -0.4 is 0 Å². The number of benzene rings is 2. The van der Waals surface area contributed by atoms with E-state index in [0.29, 0.717) is 24.1 Å². The molecule has 10 heteroatoms. The number of amides is 3. The van der Waals surface area contributed by atoms with Crippen LogP contribution >= 0.6 is 0 Å². The summed E-state index contributed by atoms with van der Waals surface area (Å²) in [5.41, 5.74) is -0.0328. The second kappa shape index (κ2) is 14.1. The molecule has 2 aromatic rings. The fraction of sp³-hybridized carbons (Fsp3) is 0.474. The van der Waals surface area contributed by atoms with Crippen molar-refractivity contribution in [3.63, 3.8) is 0 Å². The van der Waals surface area contributed by atoms with E-state index >= 15 is 0 Å². The van der Waals surface area contributed by atoms with Gasteiger partial charge in [-0.1, -0.05) is 98.3 Å². The van der Waals surface area contributed by atoms with Gasteiger partial charge in [0.25, 0.3) is 0 Å². The predicted molar refractivity (Wildman–Crippen MR) is 178 cm³/mol. The van der Waals surface area contributed by atoms with Crippen LogP contribution in [0.15, 0.2) is 85.0 Å². The van der Waals surface area contributed by atoms with Gasteiger partial charge in [-0.05, 0) is 30.9 Å². The summed E-state index contributed by atoms with van der Waals surface area (Å²) in [7, 11) is 1.71. The highest BCUT2D eigenvalue weighted by Crippen LogP contribution is 2.57. The van der Waals surface area contributed by atoms with Crippen LogP contribution in [-0.2, 0) is 28.7 Å². The molecule has 10 nitrogen and oxygen atoms in total. The number of ether oxygens (including phenoxy) is 2. The number of aliphatic hydroxyl groups excluding tert-OH is 1. The van der Waals surface area contributed by atoms with Crippen molar-refractivity contribution in [1.29, 1.82) is 0 Å². The van der Waals surface area contributed by atoms with E-state index in [2.05, 4.69) is 0 Å². The molecule has 4 heterocycles. The number of carbonyl (C=O) groups is 4. The predicted octanol–water partition coefficient (Wildman–Crippen LogP) is 3.98. The number of likely N-dealkylation sites (tertiary alicyclic amines) is 1. The fourth-order valence-electron chi connectivity index (χ4n) is 7.76. The summed E-state index contributed by atoms with van der Waals surface area (Å²) in [5, 5.41) is 10.8. The molecule has 6 rings (SSSR count). The topological polar surface area (TPSA) is 117 Å². The molecule has 5 bridgehead atoms. The van der Waals surface area contributed by atoms with Gasteiger partial charge < -0.3 is 29.3 Å². The number of hydrogen-bond acceptors (Lipinski definition) is 7. The number of nitrogens with zero attached hydrogens (tertiary/aromatic N) is 3. The second-order valence-electron chi connectivity index (χ2n) is 13.2. The van der Waals surface area contributed by atoms with E-state index in [4.69, 9.17) is 9.47 Å². The van der Waals surface area contributed by atoms with Crippen molar-refractivity contribution >= 4 is 23.7 Å². The molecule has 1 spiro atoms. The van der Waals surface area contributed by atoms with Crippen LogP contribution in [0.2, 0.25) is 0 Å². The molecule has 2 aromatic carbocycles. The van der Waals surface area contributed by atoms with Crippen molar-refractivity contribution in [2.45, 2.75) is 75.5 Å². The van der Waals surface area contributed by atoms with Crippen LogP contribution in [0.25, 0.3) is 0 Å². The number of fused-ring (bicyclic) bond motifs is 2. The first-order chi connectivity index (χ1) is 23.2. The first-order valence-electron chi connectivity index (χ1n) is 17.0. The fourth-order valence-corrected chi connectivity index (χ4v) is 7.76. The normalized spacial score (nSPS) is 32.0. The third kappa shape index (κ3) is 5.85. The maximum Gasteiger partial charge on any atom is 0.313 e. The summed E-state index contributed by atoms with van der Waals surface area (Å²) in [4.78, 5) is 62.1. The summed E-state index contributed by atoms with van der Waals surface area (Å²) in [5.74, 6) is -3.55. The van der Waals surface area contributed by atoms with Gasteiger partial charge in [-0.15, -0.1) is 0 Å². The summed E-state index contributed by atoms with van der Waals surface area (Å²) in [6.07, 6.45) is 8.06. The quantitative estimate of drug-likeness (QED) is 0.355. The highest BCUT2D eigenvalue weighted by atomic mass is 16.6. The van der Waals surface area contributed by atoms with Crippen molar-refractivity contribution in [3.8, 4) is 0 Å². The molecule has 2 saturated heterocycles. The average molecular weight is 656 g/mol. The molecule has 1 N–H and O–H groups in total. The zero-order valence-electron chi connectivity index (χ0n) is 27.8. The number of unbranched alkanes of at least 4 members (excludes halogenated alkanes) is 1. The standard InChI is InChI=1S/C38H45N3O7/c1-4-5-22-40-23-14-8-13-19-30(43)39(3)25(2)33(27-17-11-7-12-18-27)47-37(46)31-29-20-21-38(48-29)32(31)35(44)41(34(38)36(40)45)28(24-42)26-15-9-6-10-16-26/h6-12,14-18,20-21,25,28-29,31-34,42H,4-5,13,19,22-24H2,1-3H3/b14-8-/t25-,28-,29+,31-,32-,33+,34+,38-/m1/s1. The van der Waals surface area contributed by atoms with E-state index < -0.39 is 66.3 Å². The van der Waals surface area contributed by atoms with Crippen molar-refractivity contribution in [2.75, 3.05) is 26.7 Å². The summed E-state index contributed by atoms with van der Waals surface area (Å²) in [6, 6.07) is 15.9. The molecule has 0 saturated carbocycles. The van der Waals surface area contributed by atoms with E-state index in [1.165, 1.54) is 4.90 Å². The molecule has 254 valence electrons. The number of hydrogen-bond donors (Lipinski definition) is 1. The smallest absolute Gasteiger partial charge is 0.313 e. The van der Waals surface area contributed by atoms with Gasteiger partial charge in [-0.3, -0.25) is 19.2 Å². The monoisotopic (exact) mass is 655 g/mol. The average Bonchev–Trinajstić information content (AvgIpc) is 3.75. The number of aliphatic hydroxyl groups is 1. The minimum Gasteiger partial charge on any atom is -0.455 e. The molecule has 0 aromatic heterocycles. The van der Waals surface area contributed by atoms with Crippen LogP contribution in [0, 0.1) is 11.8 Å². The molecular weight excluding hydrogens is 610 g/mol. The van der Waals surface area contributed by atoms with Crippen molar-refractivity contribution in [3.05, 3.63) is 96.1 Å². The zero-order chi connectivity index (χ0) is 34.0. The van der Waals surface area contributed by atoms with Crippen molar-refractivity contribution in [1.82, 2.24) is 14.7 Å². The lowest BCUT2D eigenvalue weighted by molar-refractivity contribution is -0.164. The largest absolute Gasteiger partial charge is 0.455 e. The molecular formula is C38H45N3O7. The third-order valence-corrected chi connectivity index (χ3v) is 10.4. The number of carbonyl (C=O) groups excluding carboxylic acids is 4. The van der Waals surface area contributed by atoms with Gasteiger partial charge in [0.2, 0.25) is 17.7 Å². The van der Waals surface area contributed by atoms with Gasteiger partial charge in [0, 0.05) is 26.6 Å². The Morgan fingerprint density at radius 2 is 1.69 bits per heavy atom. The highest BCUT2D eigenvalue weighted by Gasteiger charge is 2.74. The summed E-state index contributed by atoms with van der Waals surface area (Å²) in [6.45, 7) is 4.20. The minimum atomic E-state index is -1.42. The number of rotatable bonds is 7. The molecule has 0 aliphatic carbocycles. The first kappa shape index (κ1) is 33.6. The van der Waals surface area contributed by atoms with Crippen LogP contribution in [0.4, 0.5) is 0 Å². The summed E-state index contributed by atoms with van der Waals surface area (Å²) < 4.78 is 12.9. The Morgan fingerprint density at radius 1 is 0.979 bits per heavy atom. The van der Waals surface area contributed by atoms with E-state index in [-0.39, 0.29) is 24.8 Å². The summed E-state index contributed by atoms with van der Waals surface area (Å²) >= 11 is 0. The van der Waals surface area contributed by atoms with Gasteiger partial charge in [-0.25, -0.2) is 0 Å². The van der Waals surface area contributed by atoms with E-state index in [0.717, 1.165) is 12.8 Å². The van der Waals surface area contributed by atoms with Crippen LogP contribution in [-0.4, -0.2) is 94.0 Å². The number of esters is 1. The lowest BCUT2D eigenvalue weighted by Gasteiger charge is -2.39.